The van der Waals surface area contributed by atoms with E-state index in [0.717, 1.165) is 12.3 Å². The summed E-state index contributed by atoms with van der Waals surface area (Å²) in [6, 6.07) is 10.4. The zero-order chi connectivity index (χ0) is 14.5. The largest absolute Gasteiger partial charge is 0.491 e. The van der Waals surface area contributed by atoms with Crippen molar-refractivity contribution in [3.63, 3.8) is 0 Å². The molecule has 0 spiro atoms. The number of nitrogens with zero attached hydrogens (tertiary/aromatic N) is 2. The molecule has 0 amide bonds. The van der Waals surface area contributed by atoms with Gasteiger partial charge in [0.1, 0.15) is 5.75 Å². The first kappa shape index (κ1) is 14.6. The molecular formula is C16H23N3O. The summed E-state index contributed by atoms with van der Waals surface area (Å²) in [5.74, 6) is 0.951. The van der Waals surface area contributed by atoms with Crippen LogP contribution in [-0.4, -0.2) is 15.9 Å². The van der Waals surface area contributed by atoms with Crippen LogP contribution in [0.4, 0.5) is 0 Å². The molecule has 1 heterocycles. The molecule has 1 aromatic carbocycles. The second-order valence-corrected chi connectivity index (χ2v) is 5.25. The first-order valence-corrected chi connectivity index (χ1v) is 7.03. The molecule has 4 nitrogen and oxygen atoms in total. The maximum Gasteiger partial charge on any atom is 0.124 e. The molecular weight excluding hydrogens is 250 g/mol. The Balaban J connectivity index is 2.05. The molecule has 2 rings (SSSR count). The van der Waals surface area contributed by atoms with Crippen LogP contribution in [0.1, 0.15) is 38.1 Å². The van der Waals surface area contributed by atoms with E-state index in [0.29, 0.717) is 0 Å². The van der Waals surface area contributed by atoms with E-state index < -0.39 is 0 Å². The minimum Gasteiger partial charge on any atom is -0.491 e. The number of benzene rings is 1. The number of para-hydroxylation sites is 1. The lowest BCUT2D eigenvalue weighted by molar-refractivity contribution is 0.238. The molecule has 1 unspecified atom stereocenters. The second-order valence-electron chi connectivity index (χ2n) is 5.25. The van der Waals surface area contributed by atoms with Gasteiger partial charge in [-0.25, -0.2) is 0 Å². The summed E-state index contributed by atoms with van der Waals surface area (Å²) in [7, 11) is 1.96. The van der Waals surface area contributed by atoms with E-state index in [2.05, 4.69) is 23.4 Å². The van der Waals surface area contributed by atoms with Crippen molar-refractivity contribution < 1.29 is 4.74 Å². The Morgan fingerprint density at radius 3 is 2.60 bits per heavy atom. The molecule has 0 saturated carbocycles. The summed E-state index contributed by atoms with van der Waals surface area (Å²) in [5.41, 5.74) is 2.35. The van der Waals surface area contributed by atoms with E-state index in [1.807, 2.05) is 56.0 Å². The van der Waals surface area contributed by atoms with E-state index in [1.165, 1.54) is 11.3 Å². The summed E-state index contributed by atoms with van der Waals surface area (Å²) in [4.78, 5) is 0. The monoisotopic (exact) mass is 273 g/mol. The maximum atomic E-state index is 5.87. The smallest absolute Gasteiger partial charge is 0.124 e. The van der Waals surface area contributed by atoms with Gasteiger partial charge in [0.25, 0.3) is 0 Å². The second kappa shape index (κ2) is 6.57. The first-order valence-electron chi connectivity index (χ1n) is 7.03. The van der Waals surface area contributed by atoms with Crippen LogP contribution in [0.2, 0.25) is 0 Å². The predicted molar refractivity (Wildman–Crippen MR) is 80.7 cm³/mol. The van der Waals surface area contributed by atoms with E-state index in [-0.39, 0.29) is 12.1 Å². The number of nitrogens with one attached hydrogen (secondary N) is 1. The summed E-state index contributed by atoms with van der Waals surface area (Å²) in [6.45, 7) is 7.03. The number of rotatable bonds is 6. The van der Waals surface area contributed by atoms with Gasteiger partial charge in [0, 0.05) is 31.4 Å². The predicted octanol–water partition coefficient (Wildman–Crippen LogP) is 3.06. The van der Waals surface area contributed by atoms with Gasteiger partial charge in [-0.2, -0.15) is 5.10 Å². The molecule has 0 saturated heterocycles. The summed E-state index contributed by atoms with van der Waals surface area (Å²) in [5, 5.41) is 7.69. The zero-order valence-electron chi connectivity index (χ0n) is 12.6. The third-order valence-electron chi connectivity index (χ3n) is 3.26. The minimum absolute atomic E-state index is 0.181. The third kappa shape index (κ3) is 3.61. The fourth-order valence-corrected chi connectivity index (χ4v) is 2.14. The highest BCUT2D eigenvalue weighted by Crippen LogP contribution is 2.25. The highest BCUT2D eigenvalue weighted by Gasteiger charge is 2.12. The van der Waals surface area contributed by atoms with Crippen LogP contribution in [0, 0.1) is 0 Å². The zero-order valence-corrected chi connectivity index (χ0v) is 12.6. The Hall–Kier alpha value is -1.81. The van der Waals surface area contributed by atoms with Crippen molar-refractivity contribution in [2.24, 2.45) is 7.05 Å². The number of aromatic nitrogens is 2. The Morgan fingerprint density at radius 1 is 1.20 bits per heavy atom. The molecule has 4 heteroatoms. The van der Waals surface area contributed by atoms with Crippen LogP contribution in [0.15, 0.2) is 36.5 Å². The van der Waals surface area contributed by atoms with Crippen LogP contribution >= 0.6 is 0 Å². The van der Waals surface area contributed by atoms with Gasteiger partial charge in [-0.15, -0.1) is 0 Å². The highest BCUT2D eigenvalue weighted by molar-refractivity contribution is 5.35. The summed E-state index contributed by atoms with van der Waals surface area (Å²) in [6.07, 6.45) is 2.00. The van der Waals surface area contributed by atoms with Gasteiger partial charge < -0.3 is 10.1 Å². The Labute approximate surface area is 120 Å². The van der Waals surface area contributed by atoms with Crippen LogP contribution in [0.25, 0.3) is 0 Å². The van der Waals surface area contributed by atoms with Crippen LogP contribution in [0.5, 0.6) is 5.75 Å². The number of ether oxygens (including phenoxy) is 1. The van der Waals surface area contributed by atoms with Crippen molar-refractivity contribution >= 4 is 0 Å². The Kier molecular flexibility index (Phi) is 4.79. The van der Waals surface area contributed by atoms with Gasteiger partial charge in [-0.05, 0) is 32.9 Å². The summed E-state index contributed by atoms with van der Waals surface area (Å²) < 4.78 is 7.75. The quantitative estimate of drug-likeness (QED) is 0.879. The normalized spacial score (nSPS) is 12.7. The van der Waals surface area contributed by atoms with Crippen LogP contribution < -0.4 is 10.1 Å². The van der Waals surface area contributed by atoms with Crippen molar-refractivity contribution in [1.82, 2.24) is 15.1 Å². The average molecular weight is 273 g/mol. The van der Waals surface area contributed by atoms with Crippen LogP contribution in [-0.2, 0) is 13.6 Å². The summed E-state index contributed by atoms with van der Waals surface area (Å²) >= 11 is 0. The lowest BCUT2D eigenvalue weighted by Gasteiger charge is -2.19. The molecule has 1 atom stereocenters. The van der Waals surface area contributed by atoms with Gasteiger partial charge in [0.05, 0.1) is 11.8 Å². The number of hydrogen-bond donors (Lipinski definition) is 1. The fraction of sp³-hybridized carbons (Fsp3) is 0.438. The van der Waals surface area contributed by atoms with Crippen molar-refractivity contribution in [3.05, 3.63) is 47.8 Å². The Bertz CT molecular complexity index is 548. The van der Waals surface area contributed by atoms with Crippen molar-refractivity contribution in [1.29, 1.82) is 0 Å². The molecule has 2 aromatic rings. The van der Waals surface area contributed by atoms with Gasteiger partial charge in [-0.3, -0.25) is 4.68 Å². The first-order chi connectivity index (χ1) is 9.58. The molecule has 0 bridgehead atoms. The lowest BCUT2D eigenvalue weighted by Crippen LogP contribution is -2.21. The van der Waals surface area contributed by atoms with E-state index in [9.17, 15) is 0 Å². The van der Waals surface area contributed by atoms with E-state index in [1.54, 1.807) is 0 Å². The molecule has 0 aliphatic heterocycles. The SMILES string of the molecule is CC(C)Oc1ccccc1C(C)NCc1ccnn1C. The van der Waals surface area contributed by atoms with E-state index >= 15 is 0 Å². The standard InChI is InChI=1S/C16H23N3O/c1-12(2)20-16-8-6-5-7-15(16)13(3)17-11-14-9-10-18-19(14)4/h5-10,12-13,17H,11H2,1-4H3. The van der Waals surface area contributed by atoms with Crippen molar-refractivity contribution in [2.75, 3.05) is 0 Å². The van der Waals surface area contributed by atoms with Gasteiger partial charge in [0.2, 0.25) is 0 Å². The number of aryl methyl sites for hydroxylation is 1. The topological polar surface area (TPSA) is 39.1 Å². The minimum atomic E-state index is 0.181. The van der Waals surface area contributed by atoms with Gasteiger partial charge in [-0.1, -0.05) is 18.2 Å². The molecule has 1 N–H and O–H groups in total. The van der Waals surface area contributed by atoms with Gasteiger partial charge >= 0.3 is 0 Å². The van der Waals surface area contributed by atoms with Crippen molar-refractivity contribution in [3.8, 4) is 5.75 Å². The maximum absolute atomic E-state index is 5.87. The highest BCUT2D eigenvalue weighted by atomic mass is 16.5. The van der Waals surface area contributed by atoms with E-state index in [4.69, 9.17) is 4.74 Å². The molecule has 108 valence electrons. The third-order valence-corrected chi connectivity index (χ3v) is 3.26. The molecule has 1 aromatic heterocycles. The Morgan fingerprint density at radius 2 is 1.95 bits per heavy atom. The number of hydrogen-bond acceptors (Lipinski definition) is 3. The van der Waals surface area contributed by atoms with Gasteiger partial charge in [0.15, 0.2) is 0 Å². The van der Waals surface area contributed by atoms with Crippen molar-refractivity contribution in [2.45, 2.75) is 39.5 Å². The molecule has 20 heavy (non-hydrogen) atoms. The molecule has 0 fully saturated rings. The molecule has 0 radical (unpaired) electrons. The average Bonchev–Trinajstić information content (AvgIpc) is 2.81. The molecule has 0 aliphatic carbocycles. The molecule has 0 aliphatic rings. The van der Waals surface area contributed by atoms with Crippen LogP contribution in [0.3, 0.4) is 0 Å². The lowest BCUT2D eigenvalue weighted by atomic mass is 10.1. The fourth-order valence-electron chi connectivity index (χ4n) is 2.14.